The van der Waals surface area contributed by atoms with E-state index in [2.05, 4.69) is 53.4 Å². The van der Waals surface area contributed by atoms with Crippen molar-refractivity contribution < 1.29 is 9.84 Å². The third-order valence-electron chi connectivity index (χ3n) is 6.24. The fraction of sp³-hybridized carbons (Fsp3) is 0.286. The highest BCUT2D eigenvalue weighted by molar-refractivity contribution is 7.22. The van der Waals surface area contributed by atoms with Gasteiger partial charge in [0.25, 0.3) is 0 Å². The number of piperidine rings is 1. The number of ether oxygens (including phenoxy) is 1. The second-order valence-corrected chi connectivity index (χ2v) is 9.58. The number of phenols is 1. The Hall–Kier alpha value is -2.82. The maximum absolute atomic E-state index is 9.97. The van der Waals surface area contributed by atoms with Gasteiger partial charge in [0.1, 0.15) is 18.1 Å². The average molecular weight is 444 g/mol. The van der Waals surface area contributed by atoms with Gasteiger partial charge in [-0.25, -0.2) is 0 Å². The van der Waals surface area contributed by atoms with Gasteiger partial charge < -0.3 is 9.84 Å². The summed E-state index contributed by atoms with van der Waals surface area (Å²) in [5.74, 6) is 1.25. The molecule has 3 aromatic carbocycles. The molecule has 1 saturated heterocycles. The molecule has 0 atom stereocenters. The minimum Gasteiger partial charge on any atom is -0.508 e. The lowest BCUT2D eigenvalue weighted by molar-refractivity contribution is 0.183. The molecule has 0 bridgehead atoms. The Balaban J connectivity index is 1.32. The first-order valence-electron chi connectivity index (χ1n) is 11.5. The lowest BCUT2D eigenvalue weighted by Gasteiger charge is -2.26. The second-order valence-electron chi connectivity index (χ2n) is 8.53. The summed E-state index contributed by atoms with van der Waals surface area (Å²) < 4.78 is 7.13. The molecule has 0 amide bonds. The van der Waals surface area contributed by atoms with Crippen molar-refractivity contribution in [2.75, 3.05) is 26.2 Å². The van der Waals surface area contributed by atoms with Gasteiger partial charge >= 0.3 is 0 Å². The average Bonchev–Trinajstić information content (AvgIpc) is 3.18. The molecule has 0 radical (unpaired) electrons. The van der Waals surface area contributed by atoms with E-state index in [0.717, 1.165) is 30.0 Å². The molecule has 32 heavy (non-hydrogen) atoms. The van der Waals surface area contributed by atoms with E-state index in [1.807, 2.05) is 18.2 Å². The van der Waals surface area contributed by atoms with Gasteiger partial charge in [-0.05, 0) is 84.8 Å². The Bertz CT molecular complexity index is 1160. The van der Waals surface area contributed by atoms with Crippen LogP contribution in [0, 0.1) is 0 Å². The zero-order valence-electron chi connectivity index (χ0n) is 18.3. The standard InChI is InChI=1S/C28H29NO2S/c30-23-11-14-25-26(28(32-27(25)20-23)22-7-3-1-4-8-22)19-21-9-12-24(13-10-21)31-18-17-29-15-5-2-6-16-29/h1,3-4,7-14,20,30H,2,5-6,15-19H2. The number of rotatable bonds is 7. The van der Waals surface area contributed by atoms with Crippen LogP contribution in [0.15, 0.2) is 72.8 Å². The number of nitrogens with zero attached hydrogens (tertiary/aromatic N) is 1. The Morgan fingerprint density at radius 1 is 0.875 bits per heavy atom. The summed E-state index contributed by atoms with van der Waals surface area (Å²) >= 11 is 1.75. The predicted octanol–water partition coefficient (Wildman–Crippen LogP) is 6.73. The molecule has 164 valence electrons. The van der Waals surface area contributed by atoms with Crippen molar-refractivity contribution in [1.82, 2.24) is 4.90 Å². The number of fused-ring (bicyclic) bond motifs is 1. The fourth-order valence-electron chi connectivity index (χ4n) is 4.52. The number of hydrogen-bond donors (Lipinski definition) is 1. The Labute approximate surface area is 193 Å². The van der Waals surface area contributed by atoms with Crippen molar-refractivity contribution in [2.45, 2.75) is 25.7 Å². The maximum Gasteiger partial charge on any atom is 0.119 e. The largest absolute Gasteiger partial charge is 0.508 e. The van der Waals surface area contributed by atoms with Crippen molar-refractivity contribution in [3.05, 3.63) is 83.9 Å². The summed E-state index contributed by atoms with van der Waals surface area (Å²) in [6.45, 7) is 4.17. The summed E-state index contributed by atoms with van der Waals surface area (Å²) in [6.07, 6.45) is 4.85. The topological polar surface area (TPSA) is 32.7 Å². The Kier molecular flexibility index (Phi) is 6.42. The minimum atomic E-state index is 0.316. The highest BCUT2D eigenvalue weighted by atomic mass is 32.1. The fourth-order valence-corrected chi connectivity index (χ4v) is 5.78. The number of phenolic OH excluding ortho intramolecular Hbond substituents is 1. The van der Waals surface area contributed by atoms with Crippen molar-refractivity contribution >= 4 is 21.4 Å². The molecule has 1 N–H and O–H groups in total. The van der Waals surface area contributed by atoms with Gasteiger partial charge in [0.15, 0.2) is 0 Å². The zero-order chi connectivity index (χ0) is 21.8. The molecule has 2 heterocycles. The van der Waals surface area contributed by atoms with Crippen molar-refractivity contribution in [2.24, 2.45) is 0 Å². The quantitative estimate of drug-likeness (QED) is 0.344. The lowest BCUT2D eigenvalue weighted by Crippen LogP contribution is -2.33. The van der Waals surface area contributed by atoms with Crippen LogP contribution in [0.1, 0.15) is 30.4 Å². The summed E-state index contributed by atoms with van der Waals surface area (Å²) in [5, 5.41) is 11.2. The van der Waals surface area contributed by atoms with Crippen LogP contribution in [0.4, 0.5) is 0 Å². The number of benzene rings is 3. The lowest BCUT2D eigenvalue weighted by atomic mass is 9.99. The van der Waals surface area contributed by atoms with Gasteiger partial charge in [-0.3, -0.25) is 4.90 Å². The SMILES string of the molecule is Oc1ccc2c(Cc3ccc(OCCN4CCCCC4)cc3)c(-c3ccccc3)sc2c1. The molecule has 4 aromatic rings. The van der Waals surface area contributed by atoms with Gasteiger partial charge in [0.2, 0.25) is 0 Å². The molecule has 5 rings (SSSR count). The van der Waals surface area contributed by atoms with Crippen molar-refractivity contribution in [1.29, 1.82) is 0 Å². The zero-order valence-corrected chi connectivity index (χ0v) is 19.1. The van der Waals surface area contributed by atoms with Crippen LogP contribution >= 0.6 is 11.3 Å². The van der Waals surface area contributed by atoms with E-state index in [-0.39, 0.29) is 0 Å². The molecule has 1 aromatic heterocycles. The highest BCUT2D eigenvalue weighted by Gasteiger charge is 2.15. The Morgan fingerprint density at radius 3 is 2.44 bits per heavy atom. The van der Waals surface area contributed by atoms with Crippen LogP contribution in [-0.4, -0.2) is 36.2 Å². The van der Waals surface area contributed by atoms with Crippen LogP contribution in [-0.2, 0) is 6.42 Å². The number of thiophene rings is 1. The third-order valence-corrected chi connectivity index (χ3v) is 7.49. The summed E-state index contributed by atoms with van der Waals surface area (Å²) in [6, 6.07) is 24.8. The van der Waals surface area contributed by atoms with Crippen molar-refractivity contribution in [3.63, 3.8) is 0 Å². The van der Waals surface area contributed by atoms with Gasteiger partial charge in [-0.1, -0.05) is 48.9 Å². The summed E-state index contributed by atoms with van der Waals surface area (Å²) in [7, 11) is 0. The van der Waals surface area contributed by atoms with Gasteiger partial charge in [-0.2, -0.15) is 0 Å². The molecule has 0 unspecified atom stereocenters. The molecule has 0 aliphatic carbocycles. The molecular weight excluding hydrogens is 414 g/mol. The number of hydrogen-bond acceptors (Lipinski definition) is 4. The Morgan fingerprint density at radius 2 is 1.66 bits per heavy atom. The van der Waals surface area contributed by atoms with Crippen LogP contribution in [0.5, 0.6) is 11.5 Å². The molecule has 3 nitrogen and oxygen atoms in total. The van der Waals surface area contributed by atoms with Crippen LogP contribution in [0.25, 0.3) is 20.5 Å². The first kappa shape index (κ1) is 21.0. The predicted molar refractivity (Wildman–Crippen MR) is 134 cm³/mol. The van der Waals surface area contributed by atoms with E-state index in [9.17, 15) is 5.11 Å². The van der Waals surface area contributed by atoms with E-state index in [0.29, 0.717) is 5.75 Å². The minimum absolute atomic E-state index is 0.316. The molecule has 4 heteroatoms. The van der Waals surface area contributed by atoms with Crippen LogP contribution < -0.4 is 4.74 Å². The third kappa shape index (κ3) is 4.82. The second kappa shape index (κ2) is 9.76. The molecule has 1 fully saturated rings. The molecule has 1 aliphatic rings. The summed E-state index contributed by atoms with van der Waals surface area (Å²) in [5.41, 5.74) is 3.80. The molecule has 1 aliphatic heterocycles. The monoisotopic (exact) mass is 443 g/mol. The van der Waals surface area contributed by atoms with Crippen molar-refractivity contribution in [3.8, 4) is 21.9 Å². The van der Waals surface area contributed by atoms with E-state index < -0.39 is 0 Å². The highest BCUT2D eigenvalue weighted by Crippen LogP contribution is 2.41. The van der Waals surface area contributed by atoms with E-state index in [1.165, 1.54) is 59.3 Å². The summed E-state index contributed by atoms with van der Waals surface area (Å²) in [4.78, 5) is 3.77. The van der Waals surface area contributed by atoms with E-state index in [4.69, 9.17) is 4.74 Å². The van der Waals surface area contributed by atoms with E-state index >= 15 is 0 Å². The van der Waals surface area contributed by atoms with Gasteiger partial charge in [0.05, 0.1) is 0 Å². The first-order valence-corrected chi connectivity index (χ1v) is 12.3. The van der Waals surface area contributed by atoms with Gasteiger partial charge in [0, 0.05) is 16.1 Å². The molecule has 0 spiro atoms. The van der Waals surface area contributed by atoms with Crippen LogP contribution in [0.3, 0.4) is 0 Å². The smallest absolute Gasteiger partial charge is 0.119 e. The van der Waals surface area contributed by atoms with E-state index in [1.54, 1.807) is 17.4 Å². The maximum atomic E-state index is 9.97. The number of likely N-dealkylation sites (tertiary alicyclic amines) is 1. The molecule has 0 saturated carbocycles. The normalized spacial score (nSPS) is 14.6. The van der Waals surface area contributed by atoms with Gasteiger partial charge in [-0.15, -0.1) is 11.3 Å². The first-order chi connectivity index (χ1) is 15.8. The van der Waals surface area contributed by atoms with Crippen LogP contribution in [0.2, 0.25) is 0 Å². The molecular formula is C28H29NO2S. The number of aromatic hydroxyl groups is 1.